The molecule has 23 heavy (non-hydrogen) atoms. The van der Waals surface area contributed by atoms with E-state index in [1.807, 2.05) is 49.5 Å². The largest absolute Gasteiger partial charge is 0.331 e. The summed E-state index contributed by atoms with van der Waals surface area (Å²) < 4.78 is 2.09. The van der Waals surface area contributed by atoms with Crippen molar-refractivity contribution >= 4 is 34.2 Å². The van der Waals surface area contributed by atoms with Gasteiger partial charge < -0.3 is 9.47 Å². The van der Waals surface area contributed by atoms with E-state index in [9.17, 15) is 4.79 Å². The van der Waals surface area contributed by atoms with Gasteiger partial charge in [-0.15, -0.1) is 0 Å². The lowest BCUT2D eigenvalue weighted by atomic mass is 10.1. The van der Waals surface area contributed by atoms with E-state index in [1.54, 1.807) is 4.90 Å². The molecule has 1 aliphatic rings. The minimum Gasteiger partial charge on any atom is -0.331 e. The molecule has 1 saturated heterocycles. The minimum atomic E-state index is 0.0962. The maximum Gasteiger partial charge on any atom is 0.227 e. The van der Waals surface area contributed by atoms with E-state index in [2.05, 4.69) is 10.6 Å². The number of imidazole rings is 1. The zero-order valence-electron chi connectivity index (χ0n) is 12.7. The summed E-state index contributed by atoms with van der Waals surface area (Å²) in [6.45, 7) is 0.635. The lowest BCUT2D eigenvalue weighted by Gasteiger charge is -2.17. The number of rotatable bonds is 2. The molecule has 1 fully saturated rings. The molecule has 1 aliphatic heterocycles. The van der Waals surface area contributed by atoms with Crippen LogP contribution in [0.2, 0.25) is 5.02 Å². The van der Waals surface area contributed by atoms with Crippen LogP contribution in [0.3, 0.4) is 0 Å². The number of para-hydroxylation sites is 2. The molecular weight excluding hydrogens is 310 g/mol. The number of hydrogen-bond donors (Lipinski definition) is 0. The normalized spacial score (nSPS) is 18.1. The fourth-order valence-corrected chi connectivity index (χ4v) is 3.49. The van der Waals surface area contributed by atoms with Gasteiger partial charge in [0.15, 0.2) is 0 Å². The van der Waals surface area contributed by atoms with E-state index in [1.165, 1.54) is 0 Å². The number of hydrogen-bond acceptors (Lipinski definition) is 2. The van der Waals surface area contributed by atoms with Gasteiger partial charge in [0.25, 0.3) is 0 Å². The monoisotopic (exact) mass is 325 g/mol. The standard InChI is InChI=1S/C18H16ClN3O/c1-21-16-8-3-2-7-15(16)20-18(21)12-9-17(23)22(11-12)14-6-4-5-13(19)10-14/h2-8,10,12H,9,11H2,1H3/t12-/m0/s1. The highest BCUT2D eigenvalue weighted by Crippen LogP contribution is 2.33. The summed E-state index contributed by atoms with van der Waals surface area (Å²) in [5.41, 5.74) is 2.92. The Morgan fingerprint density at radius 1 is 1.17 bits per heavy atom. The van der Waals surface area contributed by atoms with Crippen LogP contribution in [0.5, 0.6) is 0 Å². The van der Waals surface area contributed by atoms with Crippen molar-refractivity contribution in [3.63, 3.8) is 0 Å². The van der Waals surface area contributed by atoms with Gasteiger partial charge in [-0.05, 0) is 30.3 Å². The second kappa shape index (κ2) is 5.39. The fraction of sp³-hybridized carbons (Fsp3) is 0.222. The molecule has 0 bridgehead atoms. The third-order valence-corrected chi connectivity index (χ3v) is 4.67. The SMILES string of the molecule is Cn1c([C@H]2CC(=O)N(c3cccc(Cl)c3)C2)nc2ccccc21. The highest BCUT2D eigenvalue weighted by Gasteiger charge is 2.34. The average molecular weight is 326 g/mol. The zero-order chi connectivity index (χ0) is 16.0. The third-order valence-electron chi connectivity index (χ3n) is 4.43. The molecule has 5 heteroatoms. The van der Waals surface area contributed by atoms with Gasteiger partial charge in [-0.3, -0.25) is 4.79 Å². The topological polar surface area (TPSA) is 38.1 Å². The summed E-state index contributed by atoms with van der Waals surface area (Å²) in [7, 11) is 2.01. The van der Waals surface area contributed by atoms with Gasteiger partial charge in [-0.2, -0.15) is 0 Å². The second-order valence-corrected chi connectivity index (χ2v) is 6.34. The first-order chi connectivity index (χ1) is 11.1. The summed E-state index contributed by atoms with van der Waals surface area (Å²) in [4.78, 5) is 19.0. The molecule has 3 aromatic rings. The van der Waals surface area contributed by atoms with Crippen molar-refractivity contribution < 1.29 is 4.79 Å². The van der Waals surface area contributed by atoms with Gasteiger partial charge in [-0.1, -0.05) is 29.8 Å². The molecule has 1 amide bonds. The maximum atomic E-state index is 12.4. The number of carbonyl (C=O) groups excluding carboxylic acids is 1. The number of carbonyl (C=O) groups is 1. The molecule has 0 radical (unpaired) electrons. The van der Waals surface area contributed by atoms with Gasteiger partial charge in [0.05, 0.1) is 11.0 Å². The van der Waals surface area contributed by atoms with Crippen molar-refractivity contribution in [1.29, 1.82) is 0 Å². The predicted octanol–water partition coefficient (Wildman–Crippen LogP) is 3.75. The van der Waals surface area contributed by atoms with Crippen molar-refractivity contribution in [3.8, 4) is 0 Å². The van der Waals surface area contributed by atoms with Crippen molar-refractivity contribution in [2.75, 3.05) is 11.4 Å². The minimum absolute atomic E-state index is 0.0962. The van der Waals surface area contributed by atoms with Crippen LogP contribution in [-0.2, 0) is 11.8 Å². The molecule has 1 atom stereocenters. The van der Waals surface area contributed by atoms with E-state index in [-0.39, 0.29) is 11.8 Å². The van der Waals surface area contributed by atoms with Gasteiger partial charge >= 0.3 is 0 Å². The van der Waals surface area contributed by atoms with Gasteiger partial charge in [0, 0.05) is 36.6 Å². The number of aryl methyl sites for hydroxylation is 1. The first kappa shape index (κ1) is 14.3. The number of benzene rings is 2. The highest BCUT2D eigenvalue weighted by molar-refractivity contribution is 6.30. The Labute approximate surface area is 139 Å². The van der Waals surface area contributed by atoms with Gasteiger partial charge in [0.1, 0.15) is 5.82 Å². The number of fused-ring (bicyclic) bond motifs is 1. The van der Waals surface area contributed by atoms with Crippen molar-refractivity contribution in [3.05, 3.63) is 59.4 Å². The fourth-order valence-electron chi connectivity index (χ4n) is 3.30. The second-order valence-electron chi connectivity index (χ2n) is 5.90. The molecule has 0 N–H and O–H groups in total. The number of nitrogens with zero attached hydrogens (tertiary/aromatic N) is 3. The Balaban J connectivity index is 1.69. The number of amides is 1. The molecule has 0 unspecified atom stereocenters. The number of anilines is 1. The summed E-state index contributed by atoms with van der Waals surface area (Å²) in [6, 6.07) is 15.5. The van der Waals surface area contributed by atoms with Crippen molar-refractivity contribution in [1.82, 2.24) is 9.55 Å². The quantitative estimate of drug-likeness (QED) is 0.719. The lowest BCUT2D eigenvalue weighted by Crippen LogP contribution is -2.24. The highest BCUT2D eigenvalue weighted by atomic mass is 35.5. The van der Waals surface area contributed by atoms with Crippen LogP contribution in [0.25, 0.3) is 11.0 Å². The smallest absolute Gasteiger partial charge is 0.227 e. The Hall–Kier alpha value is -2.33. The molecule has 0 aliphatic carbocycles. The van der Waals surface area contributed by atoms with Crippen molar-refractivity contribution in [2.45, 2.75) is 12.3 Å². The molecule has 1 aromatic heterocycles. The summed E-state index contributed by atoms with van der Waals surface area (Å²) in [5, 5.41) is 0.640. The molecule has 2 aromatic carbocycles. The Morgan fingerprint density at radius 3 is 2.78 bits per heavy atom. The summed E-state index contributed by atoms with van der Waals surface area (Å²) >= 11 is 6.05. The number of halogens is 1. The lowest BCUT2D eigenvalue weighted by molar-refractivity contribution is -0.117. The third kappa shape index (κ3) is 2.39. The van der Waals surface area contributed by atoms with Crippen LogP contribution in [0.4, 0.5) is 5.69 Å². The van der Waals surface area contributed by atoms with Crippen LogP contribution < -0.4 is 4.90 Å². The van der Waals surface area contributed by atoms with Crippen LogP contribution in [-0.4, -0.2) is 22.0 Å². The first-order valence-electron chi connectivity index (χ1n) is 7.61. The van der Waals surface area contributed by atoms with Crippen LogP contribution >= 0.6 is 11.6 Å². The van der Waals surface area contributed by atoms with Crippen LogP contribution in [0.1, 0.15) is 18.2 Å². The maximum absolute atomic E-state index is 12.4. The predicted molar refractivity (Wildman–Crippen MR) is 91.9 cm³/mol. The number of aromatic nitrogens is 2. The van der Waals surface area contributed by atoms with Gasteiger partial charge in [0.2, 0.25) is 5.91 Å². The van der Waals surface area contributed by atoms with Crippen molar-refractivity contribution in [2.24, 2.45) is 7.05 Å². The van der Waals surface area contributed by atoms with E-state index < -0.39 is 0 Å². The summed E-state index contributed by atoms with van der Waals surface area (Å²) in [6.07, 6.45) is 0.476. The molecule has 0 spiro atoms. The molecular formula is C18H16ClN3O. The van der Waals surface area contributed by atoms with Crippen LogP contribution in [0.15, 0.2) is 48.5 Å². The molecule has 4 nitrogen and oxygen atoms in total. The Bertz CT molecular complexity index is 902. The van der Waals surface area contributed by atoms with Crippen LogP contribution in [0, 0.1) is 0 Å². The Morgan fingerprint density at radius 2 is 2.00 bits per heavy atom. The summed E-state index contributed by atoms with van der Waals surface area (Å²) in [5.74, 6) is 1.17. The average Bonchev–Trinajstić information content (AvgIpc) is 3.09. The first-order valence-corrected chi connectivity index (χ1v) is 7.98. The van der Waals surface area contributed by atoms with E-state index >= 15 is 0 Å². The van der Waals surface area contributed by atoms with E-state index in [0.717, 1.165) is 22.5 Å². The van der Waals surface area contributed by atoms with E-state index in [4.69, 9.17) is 16.6 Å². The van der Waals surface area contributed by atoms with E-state index in [0.29, 0.717) is 18.0 Å². The zero-order valence-corrected chi connectivity index (χ0v) is 13.5. The molecule has 116 valence electrons. The molecule has 0 saturated carbocycles. The molecule has 2 heterocycles. The Kier molecular flexibility index (Phi) is 3.34. The van der Waals surface area contributed by atoms with Gasteiger partial charge in [-0.25, -0.2) is 4.98 Å². The molecule has 4 rings (SSSR count).